The molecular formula is C108H157N9O24. The van der Waals surface area contributed by atoms with Gasteiger partial charge in [0, 0.05) is 172 Å². The van der Waals surface area contributed by atoms with Crippen LogP contribution in [0, 0.1) is 49.4 Å². The number of piperidine rings is 1. The number of aryl methyl sites for hydroxylation is 4. The number of anilines is 2. The van der Waals surface area contributed by atoms with Gasteiger partial charge in [-0.15, -0.1) is 0 Å². The summed E-state index contributed by atoms with van der Waals surface area (Å²) in [7, 11) is 7.97. The number of amides is 1. The molecule has 16 atom stereocenters. The van der Waals surface area contributed by atoms with E-state index in [1.807, 2.05) is 102 Å². The molecule has 11 rings (SSSR count). The highest BCUT2D eigenvalue weighted by molar-refractivity contribution is 6.39. The number of pyridine rings is 2. The molecule has 141 heavy (non-hydrogen) atoms. The topological polar surface area (TPSA) is 381 Å². The summed E-state index contributed by atoms with van der Waals surface area (Å²) in [4.78, 5) is 121. The summed E-state index contributed by atoms with van der Waals surface area (Å²) >= 11 is 0. The summed E-state index contributed by atoms with van der Waals surface area (Å²) in [5, 5.41) is 36.6. The van der Waals surface area contributed by atoms with Gasteiger partial charge in [-0.3, -0.25) is 43.1 Å². The Kier molecular flexibility index (Phi) is 47.3. The van der Waals surface area contributed by atoms with Crippen molar-refractivity contribution in [2.45, 2.75) is 245 Å². The molecule has 0 spiro atoms. The second-order valence-electron chi connectivity index (χ2n) is 38.4. The molecule has 2 bridgehead atoms. The van der Waals surface area contributed by atoms with Crippen molar-refractivity contribution in [3.8, 4) is 16.8 Å². The van der Waals surface area contributed by atoms with Gasteiger partial charge >= 0.3 is 17.6 Å². The number of piperazine rings is 1. The zero-order chi connectivity index (χ0) is 101. The van der Waals surface area contributed by atoms with E-state index in [0.717, 1.165) is 106 Å². The zero-order valence-corrected chi connectivity index (χ0v) is 85.9. The summed E-state index contributed by atoms with van der Waals surface area (Å²) in [6, 6.07) is 15.3. The van der Waals surface area contributed by atoms with Crippen molar-refractivity contribution in [2.24, 2.45) is 42.6 Å². The predicted octanol–water partition coefficient (Wildman–Crippen LogP) is 13.0. The molecule has 33 heteroatoms. The van der Waals surface area contributed by atoms with E-state index in [-0.39, 0.29) is 72.9 Å². The first-order valence-electron chi connectivity index (χ1n) is 50.7. The van der Waals surface area contributed by atoms with E-state index in [9.17, 15) is 48.9 Å². The van der Waals surface area contributed by atoms with E-state index < -0.39 is 90.0 Å². The minimum Gasteiger partial charge on any atom is -0.460 e. The lowest BCUT2D eigenvalue weighted by molar-refractivity contribution is -0.265. The lowest BCUT2D eigenvalue weighted by atomic mass is 9.78. The fraction of sp³-hybridized carbons (Fsp3) is 0.639. The Labute approximate surface area is 832 Å². The number of aliphatic hydroxyl groups is 3. The molecule has 6 aromatic rings. The Morgan fingerprint density at radius 1 is 0.617 bits per heavy atom. The fourth-order valence-corrected chi connectivity index (χ4v) is 19.1. The molecule has 3 N–H and O–H groups in total. The number of esters is 2. The van der Waals surface area contributed by atoms with Gasteiger partial charge in [0.05, 0.1) is 139 Å². The third-order valence-electron chi connectivity index (χ3n) is 27.6. The van der Waals surface area contributed by atoms with Gasteiger partial charge < -0.3 is 96.3 Å². The minimum absolute atomic E-state index is 0.0101. The standard InChI is InChI=1S/C62H101NO18.C46H56N8O6/c1-40-18-13-12-14-19-41(2)52(73-9)38-48-24-22-46(7)62(71,81-48)59(68)60(69)63-26-16-15-20-49(63)61(70)80-53(39-50(64)42(3)35-45(6)57(67)58(75-11)56(66)44(5)34-40)43(4)36-47-23-25-51(54(37-47)74-10)79-55(65)21-17-27-76-30-31-78-33-32-77-29-28-72-8;1-5-19-57-21-23-59-25-26-60-24-22-58-20-14-39(55)11-7-35-29-49-45(50-30-35)53-17-15-52(16-18-53)42-13-10-38(27-33(42)2)54-44-40-28-36(37-8-6-34(3)47-31-37)9-12-41(40)48-32-43(44)51(4)46(54)56/h12-14,18-19,35,40,42-44,46-54,57-58,64,67,71H,15-17,20-34,36-39H2,1-11H3;6,8-10,12-13,27-32H,5,7,11,14-26H2,1-4H3/b14-12+,18-13+,41-19+,45-35+;/t40-,42-,43-,44-,46-,47+,48+,49+,50-,51-,52+,53+,54-,57-,58+,62-;/m1./s1. The van der Waals surface area contributed by atoms with Crippen LogP contribution in [0.5, 0.6) is 0 Å². The van der Waals surface area contributed by atoms with Gasteiger partial charge in [-0.2, -0.15) is 0 Å². The van der Waals surface area contributed by atoms with E-state index in [2.05, 4.69) is 68.9 Å². The number of ketones is 3. The molecule has 1 saturated carbocycles. The number of allylic oxidation sites excluding steroid dienone is 5. The number of imidazole rings is 1. The number of benzene rings is 2. The van der Waals surface area contributed by atoms with Gasteiger partial charge in [-0.05, 0) is 193 Å². The van der Waals surface area contributed by atoms with Gasteiger partial charge in [0.25, 0.3) is 11.7 Å². The molecule has 4 fully saturated rings. The Balaban J connectivity index is 0.000000302. The fourth-order valence-electron chi connectivity index (χ4n) is 19.1. The Bertz CT molecular complexity index is 5090. The molecule has 4 aliphatic heterocycles. The maximum absolute atomic E-state index is 14.7. The largest absolute Gasteiger partial charge is 0.460 e. The van der Waals surface area contributed by atoms with E-state index in [1.165, 1.54) is 12.0 Å². The third-order valence-corrected chi connectivity index (χ3v) is 27.6. The second-order valence-corrected chi connectivity index (χ2v) is 38.4. The third kappa shape index (κ3) is 33.7. The molecule has 2 aromatic carbocycles. The highest BCUT2D eigenvalue weighted by Gasteiger charge is 2.53. The average molecular weight is 1970 g/mol. The van der Waals surface area contributed by atoms with Gasteiger partial charge in [-0.1, -0.05) is 90.1 Å². The molecule has 0 radical (unpaired) electrons. The number of carbonyl (C=O) groups excluding carboxylic acids is 6. The monoisotopic (exact) mass is 1960 g/mol. The Hall–Kier alpha value is -9.27. The summed E-state index contributed by atoms with van der Waals surface area (Å²) in [5.41, 5.74) is 10.6. The van der Waals surface area contributed by atoms with E-state index in [1.54, 1.807) is 70.6 Å². The van der Waals surface area contributed by atoms with Crippen LogP contribution < -0.4 is 15.5 Å². The van der Waals surface area contributed by atoms with Crippen LogP contribution in [0.2, 0.25) is 0 Å². The van der Waals surface area contributed by atoms with Crippen LogP contribution in [0.15, 0.2) is 126 Å². The summed E-state index contributed by atoms with van der Waals surface area (Å²) in [5.74, 6) is -7.15. The van der Waals surface area contributed by atoms with Gasteiger partial charge in [0.1, 0.15) is 36.2 Å². The van der Waals surface area contributed by atoms with Crippen LogP contribution in [0.4, 0.5) is 11.6 Å². The van der Waals surface area contributed by atoms with Crippen molar-refractivity contribution in [1.29, 1.82) is 0 Å². The first-order valence-corrected chi connectivity index (χ1v) is 50.7. The van der Waals surface area contributed by atoms with Crippen LogP contribution in [-0.2, 0) is 109 Å². The number of methoxy groups -OCH3 is 4. The maximum atomic E-state index is 14.7. The number of fused-ring (bicyclic) bond motifs is 6. The highest BCUT2D eigenvalue weighted by Crippen LogP contribution is 2.40. The molecular weight excluding hydrogens is 1810 g/mol. The molecule has 8 heterocycles. The number of cyclic esters (lactones) is 1. The van der Waals surface area contributed by atoms with Crippen LogP contribution in [0.25, 0.3) is 38.8 Å². The van der Waals surface area contributed by atoms with Crippen molar-refractivity contribution < 1.29 is 110 Å². The van der Waals surface area contributed by atoms with Gasteiger partial charge in [-0.25, -0.2) is 19.6 Å². The molecule has 3 saturated heterocycles. The summed E-state index contributed by atoms with van der Waals surface area (Å²) in [6.45, 7) is 29.6. The first-order chi connectivity index (χ1) is 68.0. The molecule has 5 aliphatic rings. The molecule has 778 valence electrons. The number of hydrogen-bond donors (Lipinski definition) is 3. The Morgan fingerprint density at radius 3 is 1.94 bits per heavy atom. The predicted molar refractivity (Wildman–Crippen MR) is 538 cm³/mol. The number of aliphatic hydroxyl groups excluding tert-OH is 2. The minimum atomic E-state index is -2.45. The Morgan fingerprint density at radius 2 is 1.28 bits per heavy atom. The van der Waals surface area contributed by atoms with Gasteiger partial charge in [0.2, 0.25) is 11.7 Å². The molecule has 1 amide bonds. The SMILES string of the molecule is CCCOCCOCCOCCOCCC(=O)CCc1cnc(N2CCN(c3ccc(-n4c(=O)n(C)c5cnc6ccc(-c7ccc(C)nc7)cc6c54)cc3C)CC2)nc1.COCCOCCOCCOCCCC(=O)O[C@@H]1CC[C@@H](C[C@@H](C)[C@@H]2C[C@@H](O)[C@H](C)/C=C(\C)[C@@H](O)[C@@H](OC)C(=O)[C@H](C)C[C@H](C)/C=C/C=C/C=C(\C)[C@@H](OC)C[C@@H]3CC[C@@H](C)[C@@](O)(O3)C(=O)C(=O)N3CCCC[C@H]3C(=O)O2)C[C@H]1OC. The number of nitrogens with zero attached hydrogens (tertiary/aromatic N) is 9. The second kappa shape index (κ2) is 58.6. The van der Waals surface area contributed by atoms with Crippen molar-refractivity contribution in [1.82, 2.24) is 34.0 Å². The van der Waals surface area contributed by atoms with E-state index in [0.29, 0.717) is 194 Å². The molecule has 1 aliphatic carbocycles. The van der Waals surface area contributed by atoms with E-state index in [4.69, 9.17) is 71.3 Å². The smallest absolute Gasteiger partial charge is 0.333 e. The van der Waals surface area contributed by atoms with Crippen LogP contribution >= 0.6 is 0 Å². The maximum Gasteiger partial charge on any atom is 0.333 e. The number of aromatic nitrogens is 6. The van der Waals surface area contributed by atoms with Gasteiger partial charge in [0.15, 0.2) is 5.78 Å². The number of rotatable bonds is 41. The normalized spacial score (nSPS) is 26.1. The van der Waals surface area contributed by atoms with Crippen molar-refractivity contribution in [2.75, 3.05) is 170 Å². The number of Topliss-reactive ketones (excluding diaryl/α,β-unsaturated/α-hetero) is 3. The average Bonchev–Trinajstić information content (AvgIpc) is 1.56. The van der Waals surface area contributed by atoms with Crippen LogP contribution in [-0.4, -0.2) is 305 Å². The first kappa shape index (κ1) is 114. The summed E-state index contributed by atoms with van der Waals surface area (Å²) < 4.78 is 82.8. The number of carbonyl (C=O) groups is 6. The number of ether oxygens (including phenoxy) is 14. The molecule has 33 nitrogen and oxygen atoms in total. The zero-order valence-electron chi connectivity index (χ0n) is 85.9. The lowest BCUT2D eigenvalue weighted by Crippen LogP contribution is -2.61. The van der Waals surface area contributed by atoms with Crippen molar-refractivity contribution >= 4 is 68.8 Å². The summed E-state index contributed by atoms with van der Waals surface area (Å²) in [6.07, 6.45) is 20.7. The molecule has 0 unspecified atom stereocenters. The highest BCUT2D eigenvalue weighted by atomic mass is 16.6. The van der Waals surface area contributed by atoms with Crippen molar-refractivity contribution in [3.63, 3.8) is 0 Å². The quantitative estimate of drug-likeness (QED) is 0.0139. The molecule has 4 aromatic heterocycles. The van der Waals surface area contributed by atoms with Crippen molar-refractivity contribution in [3.05, 3.63) is 148 Å². The number of hydrogen-bond acceptors (Lipinski definition) is 30. The lowest BCUT2D eigenvalue weighted by Gasteiger charge is -2.43. The van der Waals surface area contributed by atoms with E-state index >= 15 is 0 Å². The van der Waals surface area contributed by atoms with Crippen LogP contribution in [0.1, 0.15) is 181 Å². The van der Waals surface area contributed by atoms with Crippen LogP contribution in [0.3, 0.4) is 0 Å².